The van der Waals surface area contributed by atoms with Crippen LogP contribution in [-0.4, -0.2) is 80.1 Å². The first kappa shape index (κ1) is 36.6. The summed E-state index contributed by atoms with van der Waals surface area (Å²) in [6, 6.07) is 7.31. The molecule has 11 nitrogen and oxygen atoms in total. The summed E-state index contributed by atoms with van der Waals surface area (Å²) in [4.78, 5) is 34.1. The Morgan fingerprint density at radius 1 is 0.881 bits per heavy atom. The Balaban J connectivity index is 2.23. The molecule has 3 N–H and O–H groups in total. The van der Waals surface area contributed by atoms with Gasteiger partial charge >= 0.3 is 12.2 Å². The minimum Gasteiger partial charge on any atom is -0.494 e. The smallest absolute Gasteiger partial charge is 0.416 e. The predicted molar refractivity (Wildman–Crippen MR) is 169 cm³/mol. The number of hydrogen-bond acceptors (Lipinski definition) is 8. The van der Waals surface area contributed by atoms with Crippen LogP contribution in [-0.2, 0) is 9.47 Å². The molecule has 1 rings (SSSR count). The Kier molecular flexibility index (Phi) is 16.4. The van der Waals surface area contributed by atoms with Gasteiger partial charge in [-0.15, -0.1) is 0 Å². The second-order valence-electron chi connectivity index (χ2n) is 12.0. The molecule has 0 atom stereocenters. The topological polar surface area (TPSA) is 138 Å². The molecular weight excluding hydrogens is 536 g/mol. The van der Waals surface area contributed by atoms with Crippen LogP contribution >= 0.6 is 0 Å². The maximum atomic E-state index is 12.5. The van der Waals surface area contributed by atoms with Gasteiger partial charge in [0.2, 0.25) is 5.96 Å². The molecule has 0 aliphatic rings. The maximum absolute atomic E-state index is 12.5. The lowest BCUT2D eigenvalue weighted by Gasteiger charge is -2.26. The summed E-state index contributed by atoms with van der Waals surface area (Å²) < 4.78 is 16.5. The van der Waals surface area contributed by atoms with Crippen molar-refractivity contribution in [3.63, 3.8) is 0 Å². The molecule has 0 radical (unpaired) electrons. The fourth-order valence-corrected chi connectivity index (χ4v) is 3.61. The van der Waals surface area contributed by atoms with Gasteiger partial charge in [0.1, 0.15) is 17.0 Å². The highest BCUT2D eigenvalue weighted by atomic mass is 16.6. The van der Waals surface area contributed by atoms with E-state index in [1.807, 2.05) is 24.3 Å². The number of aliphatic imine (C=N–C) groups is 2. The van der Waals surface area contributed by atoms with Crippen molar-refractivity contribution in [2.75, 3.05) is 33.3 Å². The van der Waals surface area contributed by atoms with E-state index in [1.165, 1.54) is 11.9 Å². The fourth-order valence-electron chi connectivity index (χ4n) is 3.61. The van der Waals surface area contributed by atoms with Crippen LogP contribution in [0.1, 0.15) is 92.1 Å². The Morgan fingerprint density at radius 2 is 1.45 bits per heavy atom. The Bertz CT molecular complexity index is 1010. The van der Waals surface area contributed by atoms with Crippen LogP contribution in [0.2, 0.25) is 0 Å². The van der Waals surface area contributed by atoms with Gasteiger partial charge in [0.05, 0.1) is 6.61 Å². The third-order valence-electron chi connectivity index (χ3n) is 5.67. The molecule has 236 valence electrons. The fraction of sp³-hybridized carbons (Fsp3) is 0.645. The van der Waals surface area contributed by atoms with Crippen molar-refractivity contribution in [1.82, 2.24) is 15.5 Å². The molecule has 1 aromatic rings. The van der Waals surface area contributed by atoms with Gasteiger partial charge in [-0.05, 0) is 105 Å². The number of amides is 2. The average Bonchev–Trinajstić information content (AvgIpc) is 2.90. The molecule has 0 saturated heterocycles. The highest BCUT2D eigenvalue weighted by Gasteiger charge is 2.25. The summed E-state index contributed by atoms with van der Waals surface area (Å²) in [6.07, 6.45) is 6.01. The zero-order valence-corrected chi connectivity index (χ0v) is 26.7. The van der Waals surface area contributed by atoms with Crippen LogP contribution in [0, 0.1) is 5.41 Å². The molecule has 0 fully saturated rings. The summed E-state index contributed by atoms with van der Waals surface area (Å²) >= 11 is 0. The number of ether oxygens (including phenoxy) is 3. The van der Waals surface area contributed by atoms with Crippen molar-refractivity contribution in [2.45, 2.75) is 97.7 Å². The number of carbonyl (C=O) groups is 2. The molecule has 0 heterocycles. The molecule has 11 heteroatoms. The Morgan fingerprint density at radius 3 is 2.05 bits per heavy atom. The molecule has 1 aromatic carbocycles. The number of nitrogens with one attached hydrogen (secondary N) is 3. The van der Waals surface area contributed by atoms with Gasteiger partial charge in [-0.1, -0.05) is 25.7 Å². The molecule has 2 amide bonds. The largest absolute Gasteiger partial charge is 0.494 e. The third kappa shape index (κ3) is 17.4. The van der Waals surface area contributed by atoms with Gasteiger partial charge in [0, 0.05) is 19.2 Å². The van der Waals surface area contributed by atoms with Gasteiger partial charge in [-0.25, -0.2) is 14.6 Å². The maximum Gasteiger partial charge on any atom is 0.416 e. The molecule has 0 unspecified atom stereocenters. The predicted octanol–water partition coefficient (Wildman–Crippen LogP) is 6.16. The number of carbonyl (C=O) groups excluding carboxylic acids is 2. The minimum atomic E-state index is -0.673. The number of rotatable bonds is 15. The third-order valence-corrected chi connectivity index (χ3v) is 5.67. The number of alkyl carbamates (subject to hydrolysis) is 1. The normalized spacial score (nSPS) is 11.9. The molecule has 0 spiro atoms. The van der Waals surface area contributed by atoms with Crippen LogP contribution in [0.25, 0.3) is 0 Å². The summed E-state index contributed by atoms with van der Waals surface area (Å²) in [5.41, 5.74) is -0.622. The van der Waals surface area contributed by atoms with E-state index in [-0.39, 0.29) is 11.8 Å². The molecule has 0 saturated carbocycles. The van der Waals surface area contributed by atoms with Crippen molar-refractivity contribution < 1.29 is 23.8 Å². The Labute approximate surface area is 252 Å². The molecule has 42 heavy (non-hydrogen) atoms. The van der Waals surface area contributed by atoms with E-state index >= 15 is 0 Å². The van der Waals surface area contributed by atoms with Crippen molar-refractivity contribution >= 4 is 30.7 Å². The van der Waals surface area contributed by atoms with Crippen LogP contribution in [0.4, 0.5) is 9.59 Å². The molecule has 0 aromatic heterocycles. The number of hydrogen-bond donors (Lipinski definition) is 3. The lowest BCUT2D eigenvalue weighted by atomic mass is 10.1. The number of benzene rings is 1. The SMILES string of the molecule is C=NC(=N)c1ccc(OCCCNCCCCCCCCN=C(NC(=O)OC(C)(C)C)N(C)C(=O)OC(C)(C)C)cc1. The lowest BCUT2D eigenvalue weighted by molar-refractivity contribution is 0.0391. The van der Waals surface area contributed by atoms with E-state index < -0.39 is 23.4 Å². The monoisotopic (exact) mass is 588 g/mol. The van der Waals surface area contributed by atoms with E-state index in [2.05, 4.69) is 27.3 Å². The first-order valence-electron chi connectivity index (χ1n) is 14.7. The second-order valence-corrected chi connectivity index (χ2v) is 12.0. The summed E-state index contributed by atoms with van der Waals surface area (Å²) in [5.74, 6) is 1.05. The van der Waals surface area contributed by atoms with Gasteiger partial charge in [-0.3, -0.25) is 20.6 Å². The number of nitrogens with zero attached hydrogens (tertiary/aromatic N) is 3. The van der Waals surface area contributed by atoms with E-state index in [1.54, 1.807) is 41.5 Å². The average molecular weight is 589 g/mol. The first-order valence-corrected chi connectivity index (χ1v) is 14.7. The van der Waals surface area contributed by atoms with Gasteiger partial charge < -0.3 is 19.5 Å². The molecule has 0 aliphatic carbocycles. The molecule has 0 aliphatic heterocycles. The van der Waals surface area contributed by atoms with E-state index in [0.29, 0.717) is 13.2 Å². The van der Waals surface area contributed by atoms with Crippen molar-refractivity contribution in [2.24, 2.45) is 9.98 Å². The second kappa shape index (κ2) is 18.9. The number of amidine groups is 1. The van der Waals surface area contributed by atoms with Crippen molar-refractivity contribution in [1.29, 1.82) is 5.41 Å². The lowest BCUT2D eigenvalue weighted by Crippen LogP contribution is -2.48. The van der Waals surface area contributed by atoms with Crippen LogP contribution in [0.15, 0.2) is 34.3 Å². The minimum absolute atomic E-state index is 0.107. The van der Waals surface area contributed by atoms with Gasteiger partial charge in [0.15, 0.2) is 5.84 Å². The summed E-state index contributed by atoms with van der Waals surface area (Å²) in [6.45, 7) is 17.0. The summed E-state index contributed by atoms with van der Waals surface area (Å²) in [5, 5.41) is 13.7. The van der Waals surface area contributed by atoms with Crippen LogP contribution in [0.3, 0.4) is 0 Å². The quantitative estimate of drug-likeness (QED) is 0.127. The first-order chi connectivity index (χ1) is 19.7. The van der Waals surface area contributed by atoms with Crippen LogP contribution in [0.5, 0.6) is 5.75 Å². The molecular formula is C31H52N6O5. The van der Waals surface area contributed by atoms with Crippen LogP contribution < -0.4 is 15.4 Å². The van der Waals surface area contributed by atoms with E-state index in [0.717, 1.165) is 69.3 Å². The number of unbranched alkanes of at least 4 members (excludes halogenated alkanes) is 5. The van der Waals surface area contributed by atoms with E-state index in [4.69, 9.17) is 19.6 Å². The molecule has 0 bridgehead atoms. The zero-order valence-electron chi connectivity index (χ0n) is 26.7. The highest BCUT2D eigenvalue weighted by molar-refractivity contribution is 6.01. The van der Waals surface area contributed by atoms with Gasteiger partial charge in [0.25, 0.3) is 0 Å². The Hall–Kier alpha value is -3.47. The highest BCUT2D eigenvalue weighted by Crippen LogP contribution is 2.13. The van der Waals surface area contributed by atoms with Crippen molar-refractivity contribution in [3.8, 4) is 5.75 Å². The number of guanidine groups is 1. The van der Waals surface area contributed by atoms with Crippen molar-refractivity contribution in [3.05, 3.63) is 29.8 Å². The van der Waals surface area contributed by atoms with Gasteiger partial charge in [-0.2, -0.15) is 0 Å². The standard InChI is InChI=1S/C31H52N6O5/c1-30(2,3)41-28(38)36-27(37(8)29(39)42-31(4,5)6)35-22-14-12-10-9-11-13-20-34-21-15-23-40-25-18-16-24(17-19-25)26(32)33-7/h16-19,32,34H,7,9-15,20-23H2,1-6,8H3,(H,35,36,38). The summed E-state index contributed by atoms with van der Waals surface area (Å²) in [7, 11) is 1.51. The zero-order chi connectivity index (χ0) is 31.6. The van der Waals surface area contributed by atoms with E-state index in [9.17, 15) is 9.59 Å².